The summed E-state index contributed by atoms with van der Waals surface area (Å²) in [6, 6.07) is 9.92. The number of rotatable bonds is 5. The second kappa shape index (κ2) is 9.60. The number of H-pyrrole nitrogens is 2. The van der Waals surface area contributed by atoms with E-state index in [1.54, 1.807) is 11.1 Å². The van der Waals surface area contributed by atoms with E-state index < -0.39 is 0 Å². The zero-order valence-electron chi connectivity index (χ0n) is 16.8. The van der Waals surface area contributed by atoms with Gasteiger partial charge in [-0.3, -0.25) is 9.89 Å². The first-order valence-corrected chi connectivity index (χ1v) is 10.5. The lowest BCUT2D eigenvalue weighted by molar-refractivity contribution is -0.118. The number of carbonyl (C=O) groups excluding carboxylic acids is 1. The van der Waals surface area contributed by atoms with Gasteiger partial charge in [-0.05, 0) is 40.0 Å². The Balaban J connectivity index is 0.000000755. The lowest BCUT2D eigenvalue weighted by Gasteiger charge is -2.30. The fourth-order valence-corrected chi connectivity index (χ4v) is 3.76. The molecule has 0 radical (unpaired) electrons. The van der Waals surface area contributed by atoms with Crippen LogP contribution < -0.4 is 10.2 Å². The maximum Gasteiger partial charge on any atom is 0.227 e. The molecule has 3 heterocycles. The number of aromatic amines is 2. The maximum absolute atomic E-state index is 12.4. The number of fused-ring (bicyclic) bond motifs is 1. The molecule has 1 amide bonds. The maximum atomic E-state index is 12.4. The van der Waals surface area contributed by atoms with Crippen LogP contribution in [0, 0.1) is 0 Å². The molecule has 0 saturated carbocycles. The monoisotopic (exact) mass is 455 g/mol. The number of aryl methyl sites for hydroxylation is 1. The highest BCUT2D eigenvalue weighted by Crippen LogP contribution is 2.34. The van der Waals surface area contributed by atoms with Crippen LogP contribution >= 0.6 is 15.9 Å². The molecule has 0 unspecified atom stereocenters. The Hall–Kier alpha value is -2.80. The van der Waals surface area contributed by atoms with Gasteiger partial charge >= 0.3 is 0 Å². The second-order valence-electron chi connectivity index (χ2n) is 6.90. The van der Waals surface area contributed by atoms with Crippen LogP contribution in [-0.2, 0) is 11.2 Å². The summed E-state index contributed by atoms with van der Waals surface area (Å²) in [4.78, 5) is 17.4. The lowest BCUT2D eigenvalue weighted by atomic mass is 10.0. The van der Waals surface area contributed by atoms with E-state index in [0.29, 0.717) is 13.0 Å². The van der Waals surface area contributed by atoms with E-state index in [-0.39, 0.29) is 5.91 Å². The first kappa shape index (κ1) is 20.9. The van der Waals surface area contributed by atoms with Gasteiger partial charge in [0.05, 0.1) is 17.8 Å². The van der Waals surface area contributed by atoms with Crippen LogP contribution in [-0.4, -0.2) is 27.6 Å². The number of halogens is 1. The fourth-order valence-electron chi connectivity index (χ4n) is 3.23. The molecule has 0 saturated heterocycles. The van der Waals surface area contributed by atoms with Gasteiger partial charge in [0.1, 0.15) is 5.82 Å². The van der Waals surface area contributed by atoms with Gasteiger partial charge in [0.25, 0.3) is 0 Å². The number of para-hydroxylation sites is 1. The number of carbonyl (C=O) groups is 1. The smallest absolute Gasteiger partial charge is 0.227 e. The summed E-state index contributed by atoms with van der Waals surface area (Å²) in [7, 11) is 0. The third kappa shape index (κ3) is 4.79. The molecule has 0 atom stereocenters. The van der Waals surface area contributed by atoms with E-state index in [9.17, 15) is 4.79 Å². The van der Waals surface area contributed by atoms with Gasteiger partial charge in [-0.25, -0.2) is 0 Å². The molecule has 1 aromatic carbocycles. The molecule has 0 fully saturated rings. The van der Waals surface area contributed by atoms with Gasteiger partial charge in [0.15, 0.2) is 0 Å². The van der Waals surface area contributed by atoms with Crippen LogP contribution in [0.25, 0.3) is 11.3 Å². The van der Waals surface area contributed by atoms with Crippen molar-refractivity contribution in [2.45, 2.75) is 33.1 Å². The molecule has 4 rings (SSSR count). The summed E-state index contributed by atoms with van der Waals surface area (Å²) >= 11 is 3.54. The highest BCUT2D eigenvalue weighted by atomic mass is 79.9. The van der Waals surface area contributed by atoms with E-state index in [2.05, 4.69) is 62.9 Å². The zero-order valence-corrected chi connectivity index (χ0v) is 18.3. The van der Waals surface area contributed by atoms with Crippen molar-refractivity contribution in [3.8, 4) is 11.3 Å². The molecule has 0 aliphatic carbocycles. The van der Waals surface area contributed by atoms with Gasteiger partial charge in [-0.15, -0.1) is 0 Å². The van der Waals surface area contributed by atoms with E-state index in [4.69, 9.17) is 0 Å². The summed E-state index contributed by atoms with van der Waals surface area (Å²) in [6.45, 7) is 8.78. The summed E-state index contributed by atoms with van der Waals surface area (Å²) in [5.74, 6) is 0.914. The van der Waals surface area contributed by atoms with Crippen LogP contribution in [0.15, 0.2) is 59.5 Å². The quantitative estimate of drug-likeness (QED) is 0.475. The Morgan fingerprint density at radius 3 is 2.76 bits per heavy atom. The zero-order chi connectivity index (χ0) is 20.8. The van der Waals surface area contributed by atoms with Gasteiger partial charge in [-0.2, -0.15) is 5.10 Å². The third-order valence-electron chi connectivity index (χ3n) is 4.44. The number of nitrogens with zero attached hydrogens (tertiary/aromatic N) is 2. The standard InChI is InChI=1S/C19H18BrN5O.C3H8/c1-12(11-25-16-5-3-2-4-13(16)6-7-17(25)26)23-19-18(14(20)10-21-19)15-8-9-22-24-15;1-3-2/h2-5,8-10,21,23H,1,6-7,11H2,(H,22,24);3H2,1-2H3. The first-order valence-electron chi connectivity index (χ1n) is 9.74. The Bertz CT molecular complexity index is 977. The van der Waals surface area contributed by atoms with Crippen molar-refractivity contribution in [1.29, 1.82) is 0 Å². The number of hydrogen-bond donors (Lipinski definition) is 3. The predicted octanol–water partition coefficient (Wildman–Crippen LogP) is 5.49. The Kier molecular flexibility index (Phi) is 6.93. The molecule has 3 N–H and O–H groups in total. The average molecular weight is 456 g/mol. The molecule has 0 bridgehead atoms. The van der Waals surface area contributed by atoms with E-state index in [0.717, 1.165) is 39.4 Å². The summed E-state index contributed by atoms with van der Waals surface area (Å²) < 4.78 is 0.913. The van der Waals surface area contributed by atoms with Crippen LogP contribution in [0.4, 0.5) is 11.5 Å². The van der Waals surface area contributed by atoms with Gasteiger partial charge < -0.3 is 15.2 Å². The molecular formula is C22H26BrN5O. The molecule has 2 aromatic heterocycles. The van der Waals surface area contributed by atoms with Crippen molar-refractivity contribution in [2.75, 3.05) is 16.8 Å². The summed E-state index contributed by atoms with van der Waals surface area (Å²) in [5, 5.41) is 10.3. The number of amides is 1. The number of anilines is 2. The molecule has 7 heteroatoms. The highest BCUT2D eigenvalue weighted by molar-refractivity contribution is 9.10. The summed E-state index contributed by atoms with van der Waals surface area (Å²) in [6.07, 6.45) is 6.13. The van der Waals surface area contributed by atoms with Crippen molar-refractivity contribution in [2.24, 2.45) is 0 Å². The lowest BCUT2D eigenvalue weighted by Crippen LogP contribution is -2.37. The Morgan fingerprint density at radius 1 is 1.28 bits per heavy atom. The minimum Gasteiger partial charge on any atom is -0.346 e. The predicted molar refractivity (Wildman–Crippen MR) is 122 cm³/mol. The molecule has 29 heavy (non-hydrogen) atoms. The topological polar surface area (TPSA) is 76.8 Å². The van der Waals surface area contributed by atoms with E-state index in [1.165, 1.54) is 12.0 Å². The van der Waals surface area contributed by atoms with Gasteiger partial charge in [-0.1, -0.05) is 45.0 Å². The Labute approximate surface area is 179 Å². The van der Waals surface area contributed by atoms with Crippen molar-refractivity contribution in [1.82, 2.24) is 15.2 Å². The van der Waals surface area contributed by atoms with Crippen LogP contribution in [0.3, 0.4) is 0 Å². The van der Waals surface area contributed by atoms with Gasteiger partial charge in [0.2, 0.25) is 5.91 Å². The number of nitrogens with one attached hydrogen (secondary N) is 3. The van der Waals surface area contributed by atoms with Crippen LogP contribution in [0.1, 0.15) is 32.3 Å². The normalized spacial score (nSPS) is 12.8. The third-order valence-corrected chi connectivity index (χ3v) is 5.07. The second-order valence-corrected chi connectivity index (χ2v) is 7.76. The van der Waals surface area contributed by atoms with Gasteiger partial charge in [0, 0.05) is 34.7 Å². The Morgan fingerprint density at radius 2 is 2.03 bits per heavy atom. The number of benzene rings is 1. The molecule has 3 aromatic rings. The molecule has 152 valence electrons. The molecular weight excluding hydrogens is 430 g/mol. The van der Waals surface area contributed by atoms with Crippen molar-refractivity contribution in [3.05, 3.63) is 65.0 Å². The van der Waals surface area contributed by atoms with E-state index in [1.807, 2.05) is 30.5 Å². The minimum absolute atomic E-state index is 0.119. The fraction of sp³-hybridized carbons (Fsp3) is 0.273. The average Bonchev–Trinajstić information content (AvgIpc) is 3.34. The van der Waals surface area contributed by atoms with Crippen LogP contribution in [0.5, 0.6) is 0 Å². The molecule has 1 aliphatic heterocycles. The molecule has 0 spiro atoms. The number of aromatic nitrogens is 3. The molecule has 6 nitrogen and oxygen atoms in total. The largest absolute Gasteiger partial charge is 0.346 e. The SMILES string of the molecule is C=C(CN1C(=O)CCc2ccccc21)Nc1[nH]cc(Br)c1-c1ccn[nH]1.CCC. The minimum atomic E-state index is 0.119. The van der Waals surface area contributed by atoms with Crippen LogP contribution in [0.2, 0.25) is 0 Å². The van der Waals surface area contributed by atoms with Crippen molar-refractivity contribution in [3.63, 3.8) is 0 Å². The van der Waals surface area contributed by atoms with E-state index >= 15 is 0 Å². The van der Waals surface area contributed by atoms with Crippen molar-refractivity contribution < 1.29 is 4.79 Å². The highest BCUT2D eigenvalue weighted by Gasteiger charge is 2.24. The molecule has 1 aliphatic rings. The summed E-state index contributed by atoms with van der Waals surface area (Å²) in [5.41, 5.74) is 4.71. The van der Waals surface area contributed by atoms with Crippen molar-refractivity contribution >= 4 is 33.3 Å². The first-order chi connectivity index (χ1) is 14.0. The number of hydrogen-bond acceptors (Lipinski definition) is 3.